The zero-order chi connectivity index (χ0) is 15.4. The Morgan fingerprint density at radius 1 is 1.06 bits per heavy atom. The molecule has 18 heavy (non-hydrogen) atoms. The first-order valence-electron chi connectivity index (χ1n) is 6.71. The van der Waals surface area contributed by atoms with Crippen molar-refractivity contribution in [3.05, 3.63) is 0 Å². The maximum atomic E-state index is 12.0. The molecule has 0 amide bonds. The molecule has 0 bridgehead atoms. The fourth-order valence-electron chi connectivity index (χ4n) is 1.24. The quantitative estimate of drug-likeness (QED) is 0.771. The van der Waals surface area contributed by atoms with Gasteiger partial charge in [-0.15, -0.1) is 0 Å². The molecule has 1 atom stereocenters. The molecule has 1 unspecified atom stereocenters. The molecule has 3 nitrogen and oxygen atoms in total. The second-order valence-corrected chi connectivity index (χ2v) is 4.96. The van der Waals surface area contributed by atoms with Gasteiger partial charge < -0.3 is 0 Å². The van der Waals surface area contributed by atoms with Gasteiger partial charge in [0.05, 0.1) is 0 Å². The van der Waals surface area contributed by atoms with Crippen LogP contribution in [0.1, 0.15) is 54.9 Å². The summed E-state index contributed by atoms with van der Waals surface area (Å²) in [5.41, 5.74) is 0. The minimum atomic E-state index is -4.31. The second kappa shape index (κ2) is 13.2. The van der Waals surface area contributed by atoms with Crippen LogP contribution in [-0.4, -0.2) is 31.6 Å². The third kappa shape index (κ3) is 7.97. The molecule has 6 heteroatoms. The molecule has 114 valence electrons. The Kier molecular flexibility index (Phi) is 16.8. The third-order valence-electron chi connectivity index (χ3n) is 1.97. The standard InChI is InChI=1S/C6H11F2NO2S.3C2H6/c1-5-2-3-9(4-5)12(10,11)6(7)8;3*1-2/h5-6H,2-4H2,1H3;3*1-2H3. The highest BCUT2D eigenvalue weighted by molar-refractivity contribution is 7.89. The van der Waals surface area contributed by atoms with E-state index in [4.69, 9.17) is 0 Å². The van der Waals surface area contributed by atoms with E-state index >= 15 is 0 Å². The van der Waals surface area contributed by atoms with Gasteiger partial charge >= 0.3 is 5.76 Å². The monoisotopic (exact) mass is 289 g/mol. The van der Waals surface area contributed by atoms with E-state index in [0.29, 0.717) is 6.42 Å². The lowest BCUT2D eigenvalue weighted by Gasteiger charge is -2.14. The van der Waals surface area contributed by atoms with Gasteiger partial charge in [0.25, 0.3) is 10.0 Å². The predicted octanol–water partition coefficient (Wildman–Crippen LogP) is 3.96. The fourth-order valence-corrected chi connectivity index (χ4v) is 2.29. The maximum Gasteiger partial charge on any atom is 0.350 e. The highest BCUT2D eigenvalue weighted by Gasteiger charge is 2.35. The van der Waals surface area contributed by atoms with Crippen molar-refractivity contribution in [3.63, 3.8) is 0 Å². The van der Waals surface area contributed by atoms with Crippen LogP contribution >= 0.6 is 0 Å². The molecule has 1 fully saturated rings. The molecule has 1 aliphatic rings. The lowest BCUT2D eigenvalue weighted by molar-refractivity contribution is 0.222. The zero-order valence-electron chi connectivity index (χ0n) is 12.7. The van der Waals surface area contributed by atoms with E-state index in [9.17, 15) is 17.2 Å². The van der Waals surface area contributed by atoms with Crippen LogP contribution in [0.2, 0.25) is 0 Å². The van der Waals surface area contributed by atoms with E-state index in [2.05, 4.69) is 0 Å². The minimum absolute atomic E-state index is 0.193. The maximum absolute atomic E-state index is 12.0. The molecular formula is C12H29F2NO2S. The highest BCUT2D eigenvalue weighted by Crippen LogP contribution is 2.21. The number of hydrogen-bond donors (Lipinski definition) is 0. The van der Waals surface area contributed by atoms with Gasteiger partial charge in [0.2, 0.25) is 0 Å². The normalized spacial score (nSPS) is 18.9. The lowest BCUT2D eigenvalue weighted by atomic mass is 10.2. The summed E-state index contributed by atoms with van der Waals surface area (Å²) in [6.07, 6.45) is 0.673. The number of sulfonamides is 1. The van der Waals surface area contributed by atoms with Crippen molar-refractivity contribution in [3.8, 4) is 0 Å². The Labute approximate surface area is 112 Å². The summed E-state index contributed by atoms with van der Waals surface area (Å²) in [5, 5.41) is 0. The molecule has 1 saturated heterocycles. The van der Waals surface area contributed by atoms with Gasteiger partial charge in [-0.3, -0.25) is 0 Å². The zero-order valence-corrected chi connectivity index (χ0v) is 13.5. The van der Waals surface area contributed by atoms with E-state index in [1.54, 1.807) is 0 Å². The van der Waals surface area contributed by atoms with E-state index < -0.39 is 15.8 Å². The van der Waals surface area contributed by atoms with Crippen LogP contribution in [0.5, 0.6) is 0 Å². The molecule has 1 heterocycles. The van der Waals surface area contributed by atoms with E-state index in [1.807, 2.05) is 48.5 Å². The van der Waals surface area contributed by atoms with Crippen LogP contribution in [0.3, 0.4) is 0 Å². The largest absolute Gasteiger partial charge is 0.350 e. The number of alkyl halides is 2. The molecular weight excluding hydrogens is 260 g/mol. The van der Waals surface area contributed by atoms with E-state index in [0.717, 1.165) is 4.31 Å². The first-order valence-corrected chi connectivity index (χ1v) is 8.22. The first kappa shape index (κ1) is 22.9. The van der Waals surface area contributed by atoms with Crippen molar-refractivity contribution in [2.75, 3.05) is 13.1 Å². The van der Waals surface area contributed by atoms with Gasteiger partial charge in [-0.05, 0) is 12.3 Å². The molecule has 0 aromatic carbocycles. The van der Waals surface area contributed by atoms with Crippen molar-refractivity contribution in [1.29, 1.82) is 0 Å². The van der Waals surface area contributed by atoms with Crippen molar-refractivity contribution >= 4 is 10.0 Å². The molecule has 0 aromatic rings. The summed E-state index contributed by atoms with van der Waals surface area (Å²) in [5.74, 6) is -3.08. The highest BCUT2D eigenvalue weighted by atomic mass is 32.2. The molecule has 0 spiro atoms. The molecule has 0 N–H and O–H groups in total. The van der Waals surface area contributed by atoms with Gasteiger partial charge in [-0.2, -0.15) is 13.1 Å². The molecule has 1 aliphatic heterocycles. The summed E-state index contributed by atoms with van der Waals surface area (Å²) >= 11 is 0. The fraction of sp³-hybridized carbons (Fsp3) is 1.00. The Bertz CT molecular complexity index is 257. The van der Waals surface area contributed by atoms with E-state index in [1.165, 1.54) is 0 Å². The van der Waals surface area contributed by atoms with Gasteiger partial charge in [-0.1, -0.05) is 48.5 Å². The average Bonchev–Trinajstić information content (AvgIpc) is 2.84. The SMILES string of the molecule is CC.CC.CC.CC1CCN(S(=O)(=O)C(F)F)C1. The number of halogens is 2. The lowest BCUT2D eigenvalue weighted by Crippen LogP contribution is -2.33. The summed E-state index contributed by atoms with van der Waals surface area (Å²) in [4.78, 5) is 0. The van der Waals surface area contributed by atoms with E-state index in [-0.39, 0.29) is 19.0 Å². The van der Waals surface area contributed by atoms with Crippen molar-refractivity contribution in [1.82, 2.24) is 4.31 Å². The Morgan fingerprint density at radius 3 is 1.67 bits per heavy atom. The van der Waals surface area contributed by atoms with Crippen molar-refractivity contribution in [2.24, 2.45) is 5.92 Å². The van der Waals surface area contributed by atoms with Crippen LogP contribution in [0.4, 0.5) is 8.78 Å². The van der Waals surface area contributed by atoms with Crippen molar-refractivity contribution < 1.29 is 17.2 Å². The summed E-state index contributed by atoms with van der Waals surface area (Å²) < 4.78 is 46.5. The topological polar surface area (TPSA) is 37.4 Å². The van der Waals surface area contributed by atoms with Crippen molar-refractivity contribution in [2.45, 2.75) is 60.6 Å². The van der Waals surface area contributed by atoms with Crippen LogP contribution in [0, 0.1) is 5.92 Å². The van der Waals surface area contributed by atoms with Crippen LogP contribution in [0.25, 0.3) is 0 Å². The summed E-state index contributed by atoms with van der Waals surface area (Å²) in [6.45, 7) is 14.3. The smallest absolute Gasteiger partial charge is 0.206 e. The van der Waals surface area contributed by atoms with Gasteiger partial charge in [0, 0.05) is 13.1 Å². The molecule has 0 aliphatic carbocycles. The Morgan fingerprint density at radius 2 is 1.44 bits per heavy atom. The van der Waals surface area contributed by atoms with Crippen LogP contribution in [-0.2, 0) is 10.0 Å². The first-order chi connectivity index (χ1) is 8.44. The van der Waals surface area contributed by atoms with Gasteiger partial charge in [0.15, 0.2) is 0 Å². The predicted molar refractivity (Wildman–Crippen MR) is 74.3 cm³/mol. The Hall–Kier alpha value is -0.230. The second-order valence-electron chi connectivity index (χ2n) is 3.06. The van der Waals surface area contributed by atoms with Gasteiger partial charge in [-0.25, -0.2) is 8.42 Å². The number of rotatable bonds is 2. The third-order valence-corrected chi connectivity index (χ3v) is 3.47. The summed E-state index contributed by atoms with van der Waals surface area (Å²) in [6, 6.07) is 0. The summed E-state index contributed by atoms with van der Waals surface area (Å²) in [7, 11) is -4.31. The molecule has 0 aromatic heterocycles. The minimum Gasteiger partial charge on any atom is -0.206 e. The van der Waals surface area contributed by atoms with Crippen LogP contribution in [0.15, 0.2) is 0 Å². The average molecular weight is 289 g/mol. The number of nitrogens with zero attached hydrogens (tertiary/aromatic N) is 1. The molecule has 1 rings (SSSR count). The van der Waals surface area contributed by atoms with Crippen LogP contribution < -0.4 is 0 Å². The molecule has 0 radical (unpaired) electrons. The number of hydrogen-bond acceptors (Lipinski definition) is 2. The Balaban J connectivity index is -0.000000328. The van der Waals surface area contributed by atoms with Gasteiger partial charge in [0.1, 0.15) is 0 Å². The molecule has 0 saturated carbocycles.